The van der Waals surface area contributed by atoms with Crippen molar-refractivity contribution in [3.8, 4) is 0 Å². The van der Waals surface area contributed by atoms with Crippen molar-refractivity contribution in [3.63, 3.8) is 0 Å². The lowest BCUT2D eigenvalue weighted by Crippen LogP contribution is -2.38. The van der Waals surface area contributed by atoms with Crippen molar-refractivity contribution in [2.45, 2.75) is 44.7 Å². The van der Waals surface area contributed by atoms with Crippen molar-refractivity contribution in [1.29, 1.82) is 0 Å². The average Bonchev–Trinajstić information content (AvgIpc) is 3.27. The van der Waals surface area contributed by atoms with Gasteiger partial charge in [-0.15, -0.1) is 0 Å². The second-order valence-electron chi connectivity index (χ2n) is 5.34. The van der Waals surface area contributed by atoms with Gasteiger partial charge in [0.25, 0.3) is 0 Å². The van der Waals surface area contributed by atoms with Gasteiger partial charge in [-0.25, -0.2) is 0 Å². The summed E-state index contributed by atoms with van der Waals surface area (Å²) in [5, 5.41) is 3.33. The number of benzene rings is 1. The molecule has 1 unspecified atom stereocenters. The number of esters is 1. The van der Waals surface area contributed by atoms with E-state index >= 15 is 0 Å². The molecule has 1 aliphatic rings. The minimum Gasteiger partial charge on any atom is -0.469 e. The summed E-state index contributed by atoms with van der Waals surface area (Å²) in [6.07, 6.45) is 2.96. The van der Waals surface area contributed by atoms with E-state index in [2.05, 4.69) is 10.1 Å². The Kier molecular flexibility index (Phi) is 4.90. The molecule has 108 valence electrons. The van der Waals surface area contributed by atoms with E-state index in [1.54, 1.807) is 0 Å². The first-order chi connectivity index (χ1) is 9.60. The summed E-state index contributed by atoms with van der Waals surface area (Å²) in [5.74, 6) is -0.217. The van der Waals surface area contributed by atoms with Crippen LogP contribution in [0.5, 0.6) is 0 Å². The molecule has 0 aliphatic heterocycles. The summed E-state index contributed by atoms with van der Waals surface area (Å²) in [4.78, 5) is 23.8. The van der Waals surface area contributed by atoms with Gasteiger partial charge in [0, 0.05) is 18.0 Å². The van der Waals surface area contributed by atoms with Crippen LogP contribution in [0.25, 0.3) is 0 Å². The normalized spacial score (nSPS) is 15.7. The highest BCUT2D eigenvalue weighted by Gasteiger charge is 2.29. The van der Waals surface area contributed by atoms with Gasteiger partial charge in [0.05, 0.1) is 13.2 Å². The predicted octanol–water partition coefficient (Wildman–Crippen LogP) is 2.25. The number of methoxy groups -OCH3 is 1. The number of aryl methyl sites for hydroxylation is 1. The SMILES string of the molecule is COC(=O)CCC(NC1CC1)C(=O)c1ccc(C)cc1. The maximum atomic E-state index is 12.5. The number of ketones is 1. The number of carbonyl (C=O) groups is 2. The van der Waals surface area contributed by atoms with Crippen molar-refractivity contribution in [2.24, 2.45) is 0 Å². The second-order valence-corrected chi connectivity index (χ2v) is 5.34. The average molecular weight is 275 g/mol. The zero-order valence-corrected chi connectivity index (χ0v) is 12.0. The van der Waals surface area contributed by atoms with Crippen LogP contribution in [0.15, 0.2) is 24.3 Å². The van der Waals surface area contributed by atoms with Crippen LogP contribution < -0.4 is 5.32 Å². The molecular weight excluding hydrogens is 254 g/mol. The molecular formula is C16H21NO3. The van der Waals surface area contributed by atoms with Gasteiger partial charge in [0.15, 0.2) is 5.78 Å². The summed E-state index contributed by atoms with van der Waals surface area (Å²) in [7, 11) is 1.37. The quantitative estimate of drug-likeness (QED) is 0.612. The first kappa shape index (κ1) is 14.7. The number of ether oxygens (including phenoxy) is 1. The maximum absolute atomic E-state index is 12.5. The van der Waals surface area contributed by atoms with E-state index in [-0.39, 0.29) is 24.2 Å². The zero-order valence-electron chi connectivity index (χ0n) is 12.0. The summed E-state index contributed by atoms with van der Waals surface area (Å²) in [5.41, 5.74) is 1.82. The van der Waals surface area contributed by atoms with Crippen molar-refractivity contribution >= 4 is 11.8 Å². The molecule has 0 bridgehead atoms. The van der Waals surface area contributed by atoms with Gasteiger partial charge in [-0.05, 0) is 26.2 Å². The number of nitrogens with one attached hydrogen (secondary N) is 1. The molecule has 1 fully saturated rings. The molecule has 1 N–H and O–H groups in total. The van der Waals surface area contributed by atoms with Crippen LogP contribution in [-0.4, -0.2) is 30.9 Å². The van der Waals surface area contributed by atoms with Crippen LogP contribution in [-0.2, 0) is 9.53 Å². The third-order valence-corrected chi connectivity index (χ3v) is 3.53. The minimum atomic E-state index is -0.302. The topological polar surface area (TPSA) is 55.4 Å². The van der Waals surface area contributed by atoms with E-state index in [4.69, 9.17) is 0 Å². The number of Topliss-reactive ketones (excluding diaryl/α,β-unsaturated/α-hetero) is 1. The summed E-state index contributed by atoms with van der Waals surface area (Å²) in [6.45, 7) is 1.99. The second kappa shape index (κ2) is 6.66. The Morgan fingerprint density at radius 1 is 1.30 bits per heavy atom. The monoisotopic (exact) mass is 275 g/mol. The Morgan fingerprint density at radius 3 is 2.50 bits per heavy atom. The van der Waals surface area contributed by atoms with E-state index in [1.165, 1.54) is 7.11 Å². The van der Waals surface area contributed by atoms with Gasteiger partial charge in [0.2, 0.25) is 0 Å². The number of hydrogen-bond donors (Lipinski definition) is 1. The first-order valence-electron chi connectivity index (χ1n) is 7.04. The molecule has 1 aromatic carbocycles. The van der Waals surface area contributed by atoms with Gasteiger partial charge in [-0.3, -0.25) is 9.59 Å². The Hall–Kier alpha value is -1.68. The summed E-state index contributed by atoms with van der Waals surface area (Å²) in [6, 6.07) is 7.68. The molecule has 0 heterocycles. The van der Waals surface area contributed by atoms with E-state index < -0.39 is 0 Å². The Labute approximate surface area is 119 Å². The largest absolute Gasteiger partial charge is 0.469 e. The Balaban J connectivity index is 2.02. The molecule has 2 rings (SSSR count). The summed E-state index contributed by atoms with van der Waals surface area (Å²) < 4.78 is 4.64. The lowest BCUT2D eigenvalue weighted by molar-refractivity contribution is -0.140. The van der Waals surface area contributed by atoms with Gasteiger partial charge < -0.3 is 10.1 Å². The van der Waals surface area contributed by atoms with E-state index in [0.717, 1.165) is 18.4 Å². The van der Waals surface area contributed by atoms with Crippen LogP contribution in [0.1, 0.15) is 41.6 Å². The van der Waals surface area contributed by atoms with Crippen LogP contribution >= 0.6 is 0 Å². The molecule has 1 atom stereocenters. The number of carbonyl (C=O) groups excluding carboxylic acids is 2. The van der Waals surface area contributed by atoms with Crippen LogP contribution in [0.4, 0.5) is 0 Å². The van der Waals surface area contributed by atoms with Crippen molar-refractivity contribution in [3.05, 3.63) is 35.4 Å². The predicted molar refractivity (Wildman–Crippen MR) is 76.7 cm³/mol. The molecule has 0 radical (unpaired) electrons. The van der Waals surface area contributed by atoms with Gasteiger partial charge >= 0.3 is 5.97 Å². The highest BCUT2D eigenvalue weighted by Crippen LogP contribution is 2.21. The molecule has 0 saturated heterocycles. The molecule has 0 aromatic heterocycles. The molecule has 0 spiro atoms. The third kappa shape index (κ3) is 4.17. The summed E-state index contributed by atoms with van der Waals surface area (Å²) >= 11 is 0. The lowest BCUT2D eigenvalue weighted by atomic mass is 9.99. The van der Waals surface area contributed by atoms with Crippen LogP contribution in [0, 0.1) is 6.92 Å². The molecule has 1 aliphatic carbocycles. The van der Waals surface area contributed by atoms with Crippen LogP contribution in [0.3, 0.4) is 0 Å². The fourth-order valence-corrected chi connectivity index (χ4v) is 2.11. The highest BCUT2D eigenvalue weighted by molar-refractivity contribution is 6.00. The number of rotatable bonds is 7. The standard InChI is InChI=1S/C16H21NO3/c1-11-3-5-12(6-4-11)16(19)14(17-13-7-8-13)9-10-15(18)20-2/h3-6,13-14,17H,7-10H2,1-2H3. The van der Waals surface area contributed by atoms with E-state index in [9.17, 15) is 9.59 Å². The minimum absolute atomic E-state index is 0.0563. The molecule has 4 heteroatoms. The fraction of sp³-hybridized carbons (Fsp3) is 0.500. The number of hydrogen-bond acceptors (Lipinski definition) is 4. The maximum Gasteiger partial charge on any atom is 0.305 e. The van der Waals surface area contributed by atoms with Gasteiger partial charge in [0.1, 0.15) is 0 Å². The highest BCUT2D eigenvalue weighted by atomic mass is 16.5. The first-order valence-corrected chi connectivity index (χ1v) is 7.04. The molecule has 0 amide bonds. The molecule has 1 aromatic rings. The van der Waals surface area contributed by atoms with Crippen molar-refractivity contribution < 1.29 is 14.3 Å². The lowest BCUT2D eigenvalue weighted by Gasteiger charge is -2.17. The van der Waals surface area contributed by atoms with Crippen LogP contribution in [0.2, 0.25) is 0 Å². The zero-order chi connectivity index (χ0) is 14.5. The fourth-order valence-electron chi connectivity index (χ4n) is 2.11. The molecule has 4 nitrogen and oxygen atoms in total. The Morgan fingerprint density at radius 2 is 1.95 bits per heavy atom. The van der Waals surface area contributed by atoms with E-state index in [0.29, 0.717) is 18.0 Å². The van der Waals surface area contributed by atoms with Gasteiger partial charge in [-0.1, -0.05) is 29.8 Å². The smallest absolute Gasteiger partial charge is 0.305 e. The Bertz CT molecular complexity index is 477. The third-order valence-electron chi connectivity index (χ3n) is 3.53. The van der Waals surface area contributed by atoms with E-state index in [1.807, 2.05) is 31.2 Å². The molecule has 1 saturated carbocycles. The van der Waals surface area contributed by atoms with Gasteiger partial charge in [-0.2, -0.15) is 0 Å². The molecule has 20 heavy (non-hydrogen) atoms. The van der Waals surface area contributed by atoms with Crippen molar-refractivity contribution in [1.82, 2.24) is 5.32 Å². The van der Waals surface area contributed by atoms with Crippen molar-refractivity contribution in [2.75, 3.05) is 7.11 Å².